The fourth-order valence-electron chi connectivity index (χ4n) is 2.74. The van der Waals surface area contributed by atoms with Crippen molar-refractivity contribution < 1.29 is 19.1 Å². The van der Waals surface area contributed by atoms with E-state index in [2.05, 4.69) is 5.32 Å². The standard InChI is InChI=1S/C18H22N2O4/c21-15(16-7-4-9-23-16)13-20(12-14-5-2-1-3-6-14)18(22)17-11-19-8-10-24-17/h1-7,9,15,17,19,21H,8,10-13H2. The SMILES string of the molecule is O=C(C1CNCCO1)N(Cc1ccccc1)CC(O)c1ccco1. The number of morpholine rings is 1. The number of amides is 1. The fourth-order valence-corrected chi connectivity index (χ4v) is 2.74. The molecule has 128 valence electrons. The van der Waals surface area contributed by atoms with Gasteiger partial charge in [0.15, 0.2) is 0 Å². The van der Waals surface area contributed by atoms with E-state index in [1.54, 1.807) is 17.0 Å². The zero-order valence-corrected chi connectivity index (χ0v) is 13.4. The van der Waals surface area contributed by atoms with Crippen LogP contribution in [0.2, 0.25) is 0 Å². The van der Waals surface area contributed by atoms with Crippen LogP contribution in [0.5, 0.6) is 0 Å². The molecule has 1 aromatic heterocycles. The molecule has 2 aromatic rings. The van der Waals surface area contributed by atoms with Gasteiger partial charge in [-0.15, -0.1) is 0 Å². The highest BCUT2D eigenvalue weighted by atomic mass is 16.5. The number of rotatable bonds is 6. The second-order valence-corrected chi connectivity index (χ2v) is 5.80. The lowest BCUT2D eigenvalue weighted by atomic mass is 10.1. The maximum atomic E-state index is 12.8. The third-order valence-corrected chi connectivity index (χ3v) is 4.00. The van der Waals surface area contributed by atoms with Gasteiger partial charge in [0, 0.05) is 19.6 Å². The average molecular weight is 330 g/mol. The second kappa shape index (κ2) is 8.10. The quantitative estimate of drug-likeness (QED) is 0.836. The Morgan fingerprint density at radius 3 is 2.79 bits per heavy atom. The number of furan rings is 1. The van der Waals surface area contributed by atoms with Gasteiger partial charge in [-0.05, 0) is 17.7 Å². The molecule has 6 nitrogen and oxygen atoms in total. The Bertz CT molecular complexity index is 624. The smallest absolute Gasteiger partial charge is 0.253 e. The van der Waals surface area contributed by atoms with Crippen LogP contribution in [0.4, 0.5) is 0 Å². The van der Waals surface area contributed by atoms with Crippen LogP contribution in [0.15, 0.2) is 53.1 Å². The molecule has 2 N–H and O–H groups in total. The van der Waals surface area contributed by atoms with Gasteiger partial charge in [0.1, 0.15) is 18.0 Å². The lowest BCUT2D eigenvalue weighted by Gasteiger charge is -2.31. The van der Waals surface area contributed by atoms with Crippen LogP contribution in [0, 0.1) is 0 Å². The molecule has 6 heteroatoms. The number of ether oxygens (including phenoxy) is 1. The number of hydrogen-bond acceptors (Lipinski definition) is 5. The van der Waals surface area contributed by atoms with E-state index in [0.717, 1.165) is 12.1 Å². The van der Waals surface area contributed by atoms with Crippen molar-refractivity contribution in [3.05, 3.63) is 60.1 Å². The topological polar surface area (TPSA) is 74.9 Å². The summed E-state index contributed by atoms with van der Waals surface area (Å²) < 4.78 is 10.8. The van der Waals surface area contributed by atoms with Gasteiger partial charge in [0.25, 0.3) is 5.91 Å². The first-order chi connectivity index (χ1) is 11.7. The summed E-state index contributed by atoms with van der Waals surface area (Å²) in [6.07, 6.45) is 0.117. The number of nitrogens with zero attached hydrogens (tertiary/aromatic N) is 1. The van der Waals surface area contributed by atoms with Gasteiger partial charge >= 0.3 is 0 Å². The molecule has 0 spiro atoms. The average Bonchev–Trinajstić information content (AvgIpc) is 3.17. The second-order valence-electron chi connectivity index (χ2n) is 5.80. The van der Waals surface area contributed by atoms with Crippen LogP contribution in [0.1, 0.15) is 17.4 Å². The largest absolute Gasteiger partial charge is 0.467 e. The van der Waals surface area contributed by atoms with E-state index in [1.807, 2.05) is 30.3 Å². The van der Waals surface area contributed by atoms with Crippen LogP contribution in [0.3, 0.4) is 0 Å². The molecular weight excluding hydrogens is 308 g/mol. The molecule has 1 amide bonds. The Balaban J connectivity index is 1.73. The summed E-state index contributed by atoms with van der Waals surface area (Å²) in [7, 11) is 0. The van der Waals surface area contributed by atoms with Gasteiger partial charge in [-0.3, -0.25) is 4.79 Å². The molecule has 2 unspecified atom stereocenters. The van der Waals surface area contributed by atoms with Gasteiger partial charge in [0.05, 0.1) is 19.4 Å². The Kier molecular flexibility index (Phi) is 5.63. The minimum Gasteiger partial charge on any atom is -0.467 e. The normalized spacial score (nSPS) is 19.0. The summed E-state index contributed by atoms with van der Waals surface area (Å²) in [6.45, 7) is 2.31. The lowest BCUT2D eigenvalue weighted by Crippen LogP contribution is -2.50. The van der Waals surface area contributed by atoms with Gasteiger partial charge in [-0.2, -0.15) is 0 Å². The fraction of sp³-hybridized carbons (Fsp3) is 0.389. The Morgan fingerprint density at radius 1 is 1.29 bits per heavy atom. The molecule has 24 heavy (non-hydrogen) atoms. The summed E-state index contributed by atoms with van der Waals surface area (Å²) in [6, 6.07) is 13.1. The van der Waals surface area contributed by atoms with Gasteiger partial charge < -0.3 is 24.5 Å². The number of benzene rings is 1. The molecule has 2 heterocycles. The number of aliphatic hydroxyl groups is 1. The summed E-state index contributed by atoms with van der Waals surface area (Å²) in [5.74, 6) is 0.320. The highest BCUT2D eigenvalue weighted by Crippen LogP contribution is 2.18. The molecule has 0 aliphatic carbocycles. The maximum Gasteiger partial charge on any atom is 0.253 e. The van der Waals surface area contributed by atoms with Crippen LogP contribution in [0.25, 0.3) is 0 Å². The number of hydrogen-bond donors (Lipinski definition) is 2. The highest BCUT2D eigenvalue weighted by molar-refractivity contribution is 5.81. The van der Waals surface area contributed by atoms with Crippen molar-refractivity contribution in [3.63, 3.8) is 0 Å². The predicted molar refractivity (Wildman–Crippen MR) is 88.1 cm³/mol. The number of carbonyl (C=O) groups is 1. The lowest BCUT2D eigenvalue weighted by molar-refractivity contribution is -0.147. The molecule has 1 aliphatic heterocycles. The Morgan fingerprint density at radius 2 is 2.12 bits per heavy atom. The minimum absolute atomic E-state index is 0.128. The van der Waals surface area contributed by atoms with Gasteiger partial charge in [-0.1, -0.05) is 30.3 Å². The predicted octanol–water partition coefficient (Wildman–Crippen LogP) is 1.33. The van der Waals surface area contributed by atoms with Crippen LogP contribution < -0.4 is 5.32 Å². The third kappa shape index (κ3) is 4.23. The first-order valence-corrected chi connectivity index (χ1v) is 8.10. The molecule has 0 radical (unpaired) electrons. The van der Waals surface area contributed by atoms with Crippen LogP contribution in [-0.4, -0.2) is 48.3 Å². The minimum atomic E-state index is -0.871. The molecule has 1 aliphatic rings. The molecule has 1 fully saturated rings. The van der Waals surface area contributed by atoms with E-state index in [4.69, 9.17) is 9.15 Å². The van der Waals surface area contributed by atoms with E-state index in [1.165, 1.54) is 6.26 Å². The van der Waals surface area contributed by atoms with Crippen molar-refractivity contribution in [1.82, 2.24) is 10.2 Å². The van der Waals surface area contributed by atoms with Crippen molar-refractivity contribution in [2.24, 2.45) is 0 Å². The zero-order valence-electron chi connectivity index (χ0n) is 13.4. The van der Waals surface area contributed by atoms with E-state index < -0.39 is 12.2 Å². The summed E-state index contributed by atoms with van der Waals surface area (Å²) in [4.78, 5) is 14.5. The van der Waals surface area contributed by atoms with Crippen LogP contribution in [-0.2, 0) is 16.1 Å². The number of nitrogens with one attached hydrogen (secondary N) is 1. The first-order valence-electron chi connectivity index (χ1n) is 8.10. The molecule has 3 rings (SSSR count). The molecule has 0 bridgehead atoms. The van der Waals surface area contributed by atoms with E-state index >= 15 is 0 Å². The monoisotopic (exact) mass is 330 g/mol. The zero-order chi connectivity index (χ0) is 16.8. The highest BCUT2D eigenvalue weighted by Gasteiger charge is 2.29. The Labute approximate surface area is 141 Å². The van der Waals surface area contributed by atoms with Crippen LogP contribution >= 0.6 is 0 Å². The third-order valence-electron chi connectivity index (χ3n) is 4.00. The van der Waals surface area contributed by atoms with Crippen molar-refractivity contribution >= 4 is 5.91 Å². The summed E-state index contributed by atoms with van der Waals surface area (Å²) in [5, 5.41) is 13.5. The summed E-state index contributed by atoms with van der Waals surface area (Å²) in [5.41, 5.74) is 1.00. The molecule has 1 aromatic carbocycles. The number of aliphatic hydroxyl groups excluding tert-OH is 1. The van der Waals surface area contributed by atoms with E-state index in [-0.39, 0.29) is 12.5 Å². The van der Waals surface area contributed by atoms with Crippen molar-refractivity contribution in [3.8, 4) is 0 Å². The Hall–Kier alpha value is -2.15. The molecule has 0 saturated carbocycles. The van der Waals surface area contributed by atoms with Crippen molar-refractivity contribution in [2.75, 3.05) is 26.2 Å². The van der Waals surface area contributed by atoms with Crippen molar-refractivity contribution in [2.45, 2.75) is 18.8 Å². The van der Waals surface area contributed by atoms with Gasteiger partial charge in [-0.25, -0.2) is 0 Å². The van der Waals surface area contributed by atoms with Gasteiger partial charge in [0.2, 0.25) is 0 Å². The first kappa shape index (κ1) is 16.7. The molecular formula is C18H22N2O4. The maximum absolute atomic E-state index is 12.8. The molecule has 1 saturated heterocycles. The molecule has 2 atom stereocenters. The number of carbonyl (C=O) groups excluding carboxylic acids is 1. The van der Waals surface area contributed by atoms with E-state index in [0.29, 0.717) is 25.5 Å². The van der Waals surface area contributed by atoms with E-state index in [9.17, 15) is 9.90 Å². The summed E-state index contributed by atoms with van der Waals surface area (Å²) >= 11 is 0. The van der Waals surface area contributed by atoms with Crippen molar-refractivity contribution in [1.29, 1.82) is 0 Å².